The van der Waals surface area contributed by atoms with E-state index in [0.717, 1.165) is 12.0 Å². The minimum atomic E-state index is -3.32. The Morgan fingerprint density at radius 3 is 2.54 bits per heavy atom. The zero-order chi connectivity index (χ0) is 18.4. The van der Waals surface area contributed by atoms with Gasteiger partial charge in [-0.05, 0) is 30.5 Å². The molecule has 0 amide bonds. The lowest BCUT2D eigenvalue weighted by Gasteiger charge is -2.03. The monoisotopic (exact) mass is 372 g/mol. The Morgan fingerprint density at radius 2 is 1.77 bits per heavy atom. The molecule has 7 heteroatoms. The fraction of sp³-hybridized carbons (Fsp3) is 0.263. The average molecular weight is 372 g/mol. The molecule has 0 aliphatic rings. The van der Waals surface area contributed by atoms with Crippen molar-refractivity contribution in [2.75, 3.05) is 12.9 Å². The fourth-order valence-corrected chi connectivity index (χ4v) is 3.88. The second-order valence-electron chi connectivity index (χ2n) is 5.89. The molecule has 1 heterocycles. The van der Waals surface area contributed by atoms with Crippen LogP contribution < -0.4 is 4.74 Å². The van der Waals surface area contributed by atoms with Gasteiger partial charge in [0.2, 0.25) is 11.7 Å². The highest BCUT2D eigenvalue weighted by Crippen LogP contribution is 2.27. The van der Waals surface area contributed by atoms with Gasteiger partial charge < -0.3 is 9.26 Å². The first-order valence-corrected chi connectivity index (χ1v) is 10.1. The molecular formula is C19H20N2O4S. The van der Waals surface area contributed by atoms with E-state index in [1.54, 1.807) is 19.2 Å². The Hall–Kier alpha value is -2.67. The summed E-state index contributed by atoms with van der Waals surface area (Å²) >= 11 is 0. The van der Waals surface area contributed by atoms with Gasteiger partial charge in [0.25, 0.3) is 0 Å². The number of ether oxygens (including phenoxy) is 1. The smallest absolute Gasteiger partial charge is 0.242 e. The molecule has 0 N–H and O–H groups in total. The van der Waals surface area contributed by atoms with Crippen LogP contribution in [0.2, 0.25) is 0 Å². The number of methoxy groups -OCH3 is 1. The number of nitrogens with zero attached hydrogens (tertiary/aromatic N) is 2. The highest BCUT2D eigenvalue weighted by molar-refractivity contribution is 7.90. The number of hydrogen-bond donors (Lipinski definition) is 0. The van der Waals surface area contributed by atoms with E-state index in [4.69, 9.17) is 9.26 Å². The molecule has 26 heavy (non-hydrogen) atoms. The van der Waals surface area contributed by atoms with Gasteiger partial charge in [0, 0.05) is 0 Å². The summed E-state index contributed by atoms with van der Waals surface area (Å²) in [5.41, 5.74) is 1.78. The van der Waals surface area contributed by atoms with Crippen LogP contribution in [0.1, 0.15) is 17.9 Å². The van der Waals surface area contributed by atoms with E-state index in [9.17, 15) is 8.42 Å². The van der Waals surface area contributed by atoms with E-state index in [1.165, 1.54) is 0 Å². The van der Waals surface area contributed by atoms with Crippen molar-refractivity contribution in [3.8, 4) is 17.1 Å². The third-order valence-electron chi connectivity index (χ3n) is 3.92. The molecule has 136 valence electrons. The Bertz CT molecular complexity index is 952. The number of sulfone groups is 1. The van der Waals surface area contributed by atoms with Crippen molar-refractivity contribution in [1.82, 2.24) is 10.1 Å². The molecule has 3 aromatic rings. The lowest BCUT2D eigenvalue weighted by Crippen LogP contribution is -2.10. The molecular weight excluding hydrogens is 352 g/mol. The van der Waals surface area contributed by atoms with Crippen molar-refractivity contribution in [3.05, 3.63) is 66.1 Å². The molecule has 0 atom stereocenters. The molecule has 0 fully saturated rings. The number of rotatable bonds is 8. The number of benzene rings is 2. The summed E-state index contributed by atoms with van der Waals surface area (Å²) < 4.78 is 35.0. The van der Waals surface area contributed by atoms with Crippen molar-refractivity contribution in [3.63, 3.8) is 0 Å². The van der Waals surface area contributed by atoms with Gasteiger partial charge in [-0.25, -0.2) is 8.42 Å². The Kier molecular flexibility index (Phi) is 5.68. The summed E-state index contributed by atoms with van der Waals surface area (Å²) in [6.07, 6.45) is 1.27. The van der Waals surface area contributed by atoms with Crippen LogP contribution in [0.15, 0.2) is 59.1 Å². The Balaban J connectivity index is 1.62. The number of hydrogen-bond acceptors (Lipinski definition) is 6. The fourth-order valence-electron chi connectivity index (χ4n) is 2.65. The zero-order valence-electron chi connectivity index (χ0n) is 14.5. The van der Waals surface area contributed by atoms with Crippen LogP contribution in [-0.2, 0) is 22.0 Å². The Labute approximate surface area is 152 Å². The molecule has 0 aliphatic carbocycles. The van der Waals surface area contributed by atoms with Gasteiger partial charge in [-0.2, -0.15) is 4.98 Å². The summed E-state index contributed by atoms with van der Waals surface area (Å²) in [6, 6.07) is 17.1. The first-order chi connectivity index (χ1) is 12.6. The summed E-state index contributed by atoms with van der Waals surface area (Å²) in [5, 5.41) is 3.88. The van der Waals surface area contributed by atoms with Gasteiger partial charge in [0.15, 0.2) is 9.84 Å². The van der Waals surface area contributed by atoms with Gasteiger partial charge in [-0.1, -0.05) is 47.6 Å². The van der Waals surface area contributed by atoms with Crippen molar-refractivity contribution in [1.29, 1.82) is 0 Å². The third-order valence-corrected chi connectivity index (χ3v) is 5.52. The van der Waals surface area contributed by atoms with Crippen LogP contribution in [0, 0.1) is 0 Å². The maximum absolute atomic E-state index is 12.3. The lowest BCUT2D eigenvalue weighted by molar-refractivity contribution is 0.388. The van der Waals surface area contributed by atoms with E-state index < -0.39 is 9.84 Å². The molecule has 0 radical (unpaired) electrons. The number of aromatic nitrogens is 2. The summed E-state index contributed by atoms with van der Waals surface area (Å²) in [6.45, 7) is 0. The largest absolute Gasteiger partial charge is 0.496 e. The van der Waals surface area contributed by atoms with Crippen molar-refractivity contribution in [2.24, 2.45) is 0 Å². The van der Waals surface area contributed by atoms with Crippen molar-refractivity contribution < 1.29 is 17.7 Å². The molecule has 3 rings (SSSR count). The van der Waals surface area contributed by atoms with E-state index >= 15 is 0 Å². The number of para-hydroxylation sites is 1. The van der Waals surface area contributed by atoms with Crippen LogP contribution in [0.25, 0.3) is 11.4 Å². The highest BCUT2D eigenvalue weighted by Gasteiger charge is 2.19. The molecule has 1 aromatic heterocycles. The molecule has 0 aliphatic heterocycles. The van der Waals surface area contributed by atoms with E-state index in [2.05, 4.69) is 10.1 Å². The minimum absolute atomic E-state index is 0.0776. The molecule has 6 nitrogen and oxygen atoms in total. The second-order valence-corrected chi connectivity index (χ2v) is 8.08. The highest BCUT2D eigenvalue weighted by atomic mass is 32.2. The lowest BCUT2D eigenvalue weighted by atomic mass is 10.1. The summed E-state index contributed by atoms with van der Waals surface area (Å²) in [5.74, 6) is 0.825. The van der Waals surface area contributed by atoms with Crippen LogP contribution >= 0.6 is 0 Å². The molecule has 0 spiro atoms. The minimum Gasteiger partial charge on any atom is -0.496 e. The van der Waals surface area contributed by atoms with E-state index in [1.807, 2.05) is 42.5 Å². The van der Waals surface area contributed by atoms with E-state index in [0.29, 0.717) is 23.6 Å². The van der Waals surface area contributed by atoms with Crippen LogP contribution in [0.3, 0.4) is 0 Å². The summed E-state index contributed by atoms with van der Waals surface area (Å²) in [7, 11) is -1.76. The SMILES string of the molecule is COc1ccccc1-c1noc(CS(=O)(=O)CCCc2ccccc2)n1. The molecule has 2 aromatic carbocycles. The molecule has 0 unspecified atom stereocenters. The predicted molar refractivity (Wildman–Crippen MR) is 98.5 cm³/mol. The predicted octanol–water partition coefficient (Wildman–Crippen LogP) is 3.29. The van der Waals surface area contributed by atoms with Crippen LogP contribution in [0.5, 0.6) is 5.75 Å². The quantitative estimate of drug-likeness (QED) is 0.603. The van der Waals surface area contributed by atoms with Gasteiger partial charge in [0.1, 0.15) is 11.5 Å². The first kappa shape index (κ1) is 18.1. The normalized spacial score (nSPS) is 11.4. The number of aryl methyl sites for hydroxylation is 1. The van der Waals surface area contributed by atoms with Gasteiger partial charge in [-0.3, -0.25) is 0 Å². The topological polar surface area (TPSA) is 82.3 Å². The summed E-state index contributed by atoms with van der Waals surface area (Å²) in [4.78, 5) is 4.20. The maximum atomic E-state index is 12.3. The van der Waals surface area contributed by atoms with Crippen LogP contribution in [-0.4, -0.2) is 31.4 Å². The third kappa shape index (κ3) is 4.70. The standard InChI is InChI=1S/C19H20N2O4S/c1-24-17-12-6-5-11-16(17)19-20-18(25-21-19)14-26(22,23)13-7-10-15-8-3-2-4-9-15/h2-6,8-9,11-12H,7,10,13-14H2,1H3. The Morgan fingerprint density at radius 1 is 1.04 bits per heavy atom. The molecule has 0 saturated heterocycles. The van der Waals surface area contributed by atoms with Gasteiger partial charge >= 0.3 is 0 Å². The molecule has 0 bridgehead atoms. The molecule has 0 saturated carbocycles. The van der Waals surface area contributed by atoms with Gasteiger partial charge in [-0.15, -0.1) is 0 Å². The second kappa shape index (κ2) is 8.14. The van der Waals surface area contributed by atoms with E-state index in [-0.39, 0.29) is 17.4 Å². The van der Waals surface area contributed by atoms with Crippen LogP contribution in [0.4, 0.5) is 0 Å². The first-order valence-electron chi connectivity index (χ1n) is 8.28. The zero-order valence-corrected chi connectivity index (χ0v) is 15.3. The average Bonchev–Trinajstić information content (AvgIpc) is 3.10. The van der Waals surface area contributed by atoms with Crippen molar-refractivity contribution in [2.45, 2.75) is 18.6 Å². The van der Waals surface area contributed by atoms with Gasteiger partial charge in [0.05, 0.1) is 18.4 Å². The maximum Gasteiger partial charge on any atom is 0.242 e. The van der Waals surface area contributed by atoms with Crippen molar-refractivity contribution >= 4 is 9.84 Å².